The first kappa shape index (κ1) is 15.9. The van der Waals surface area contributed by atoms with Crippen molar-refractivity contribution in [2.24, 2.45) is 0 Å². The van der Waals surface area contributed by atoms with Gasteiger partial charge in [-0.2, -0.15) is 0 Å². The van der Waals surface area contributed by atoms with Crippen LogP contribution in [0.25, 0.3) is 0 Å². The van der Waals surface area contributed by atoms with Gasteiger partial charge >= 0.3 is 0 Å². The van der Waals surface area contributed by atoms with Gasteiger partial charge in [0.25, 0.3) is 6.43 Å². The predicted octanol–water partition coefficient (Wildman–Crippen LogP) is 5.52. The van der Waals surface area contributed by atoms with Gasteiger partial charge in [0, 0.05) is 23.2 Å². The van der Waals surface area contributed by atoms with Crippen LogP contribution in [0.1, 0.15) is 42.5 Å². The standard InChI is InChI=1S/C17H18ClF2N/c1-2-16(13-6-4-8-15(18)10-13)21-11-12-5-3-7-14(9-12)17(19)20/h3-10,16-17,21H,2,11H2,1H3. The van der Waals surface area contributed by atoms with E-state index in [1.807, 2.05) is 30.3 Å². The maximum absolute atomic E-state index is 12.7. The van der Waals surface area contributed by atoms with E-state index in [4.69, 9.17) is 11.6 Å². The second-order valence-electron chi connectivity index (χ2n) is 4.94. The van der Waals surface area contributed by atoms with E-state index >= 15 is 0 Å². The molecule has 0 aliphatic heterocycles. The molecule has 4 heteroatoms. The van der Waals surface area contributed by atoms with Crippen molar-refractivity contribution in [3.8, 4) is 0 Å². The molecule has 0 aliphatic rings. The summed E-state index contributed by atoms with van der Waals surface area (Å²) in [6, 6.07) is 14.4. The molecule has 2 aromatic carbocycles. The average molecular weight is 310 g/mol. The lowest BCUT2D eigenvalue weighted by molar-refractivity contribution is 0.151. The molecular formula is C17H18ClF2N. The predicted molar refractivity (Wildman–Crippen MR) is 82.7 cm³/mol. The summed E-state index contributed by atoms with van der Waals surface area (Å²) in [6.07, 6.45) is -1.53. The van der Waals surface area contributed by atoms with E-state index in [0.717, 1.165) is 17.5 Å². The van der Waals surface area contributed by atoms with Gasteiger partial charge in [0.2, 0.25) is 0 Å². The highest BCUT2D eigenvalue weighted by atomic mass is 35.5. The second-order valence-corrected chi connectivity index (χ2v) is 5.38. The highest BCUT2D eigenvalue weighted by molar-refractivity contribution is 6.30. The Morgan fingerprint density at radius 2 is 1.76 bits per heavy atom. The molecular weight excluding hydrogens is 292 g/mol. The van der Waals surface area contributed by atoms with Crippen LogP contribution in [0.2, 0.25) is 5.02 Å². The molecule has 1 N–H and O–H groups in total. The van der Waals surface area contributed by atoms with Crippen molar-refractivity contribution < 1.29 is 8.78 Å². The Labute approximate surface area is 128 Å². The first-order chi connectivity index (χ1) is 10.1. The fraction of sp³-hybridized carbons (Fsp3) is 0.294. The van der Waals surface area contributed by atoms with Crippen LogP contribution >= 0.6 is 11.6 Å². The first-order valence-corrected chi connectivity index (χ1v) is 7.33. The Morgan fingerprint density at radius 1 is 1.05 bits per heavy atom. The lowest BCUT2D eigenvalue weighted by Crippen LogP contribution is -2.20. The van der Waals surface area contributed by atoms with Gasteiger partial charge in [-0.05, 0) is 35.7 Å². The number of nitrogens with one attached hydrogen (secondary N) is 1. The van der Waals surface area contributed by atoms with E-state index in [1.165, 1.54) is 6.07 Å². The molecule has 0 amide bonds. The Bertz CT molecular complexity index is 587. The fourth-order valence-corrected chi connectivity index (χ4v) is 2.50. The summed E-state index contributed by atoms with van der Waals surface area (Å²) in [7, 11) is 0. The molecule has 0 radical (unpaired) electrons. The lowest BCUT2D eigenvalue weighted by atomic mass is 10.0. The first-order valence-electron chi connectivity index (χ1n) is 6.96. The van der Waals surface area contributed by atoms with Gasteiger partial charge in [-0.3, -0.25) is 0 Å². The van der Waals surface area contributed by atoms with Gasteiger partial charge in [0.15, 0.2) is 0 Å². The minimum Gasteiger partial charge on any atom is -0.306 e. The molecule has 0 heterocycles. The summed E-state index contributed by atoms with van der Waals surface area (Å²) in [5.41, 5.74) is 2.02. The summed E-state index contributed by atoms with van der Waals surface area (Å²) < 4.78 is 25.4. The van der Waals surface area contributed by atoms with Gasteiger partial charge in [0.1, 0.15) is 0 Å². The zero-order valence-electron chi connectivity index (χ0n) is 11.8. The van der Waals surface area contributed by atoms with E-state index in [-0.39, 0.29) is 11.6 Å². The van der Waals surface area contributed by atoms with Crippen LogP contribution in [0.4, 0.5) is 8.78 Å². The van der Waals surface area contributed by atoms with E-state index in [0.29, 0.717) is 11.6 Å². The van der Waals surface area contributed by atoms with Crippen LogP contribution in [0.3, 0.4) is 0 Å². The van der Waals surface area contributed by atoms with Gasteiger partial charge in [-0.15, -0.1) is 0 Å². The highest BCUT2D eigenvalue weighted by Crippen LogP contribution is 2.22. The Hall–Kier alpha value is -1.45. The Morgan fingerprint density at radius 3 is 2.43 bits per heavy atom. The van der Waals surface area contributed by atoms with Gasteiger partial charge in [-0.25, -0.2) is 8.78 Å². The number of benzene rings is 2. The van der Waals surface area contributed by atoms with E-state index in [2.05, 4.69) is 12.2 Å². The van der Waals surface area contributed by atoms with Crippen LogP contribution in [0.15, 0.2) is 48.5 Å². The van der Waals surface area contributed by atoms with Crippen LogP contribution in [-0.2, 0) is 6.54 Å². The normalized spacial score (nSPS) is 12.6. The van der Waals surface area contributed by atoms with Crippen LogP contribution in [0, 0.1) is 0 Å². The van der Waals surface area contributed by atoms with E-state index < -0.39 is 6.43 Å². The molecule has 0 spiro atoms. The van der Waals surface area contributed by atoms with Crippen molar-refractivity contribution in [1.29, 1.82) is 0 Å². The molecule has 0 saturated heterocycles. The monoisotopic (exact) mass is 309 g/mol. The van der Waals surface area contributed by atoms with E-state index in [1.54, 1.807) is 12.1 Å². The molecule has 1 nitrogen and oxygen atoms in total. The Balaban J connectivity index is 2.05. The molecule has 2 rings (SSSR count). The average Bonchev–Trinajstić information content (AvgIpc) is 2.48. The van der Waals surface area contributed by atoms with Crippen LogP contribution in [-0.4, -0.2) is 0 Å². The van der Waals surface area contributed by atoms with Crippen LogP contribution in [0.5, 0.6) is 0 Å². The number of rotatable bonds is 6. The molecule has 1 unspecified atom stereocenters. The van der Waals surface area contributed by atoms with Crippen molar-refractivity contribution in [2.45, 2.75) is 32.4 Å². The summed E-state index contributed by atoms with van der Waals surface area (Å²) in [4.78, 5) is 0. The maximum atomic E-state index is 12.7. The molecule has 0 fully saturated rings. The molecule has 0 bridgehead atoms. The maximum Gasteiger partial charge on any atom is 0.263 e. The largest absolute Gasteiger partial charge is 0.306 e. The fourth-order valence-electron chi connectivity index (χ4n) is 2.30. The third-order valence-electron chi connectivity index (χ3n) is 3.41. The summed E-state index contributed by atoms with van der Waals surface area (Å²) in [5, 5.41) is 4.09. The third kappa shape index (κ3) is 4.51. The molecule has 0 saturated carbocycles. The zero-order valence-corrected chi connectivity index (χ0v) is 12.6. The van der Waals surface area contributed by atoms with Crippen molar-refractivity contribution in [2.75, 3.05) is 0 Å². The number of alkyl halides is 2. The molecule has 1 atom stereocenters. The van der Waals surface area contributed by atoms with Gasteiger partial charge in [-0.1, -0.05) is 48.9 Å². The molecule has 2 aromatic rings. The topological polar surface area (TPSA) is 12.0 Å². The summed E-state index contributed by atoms with van der Waals surface area (Å²) >= 11 is 6.01. The number of hydrogen-bond acceptors (Lipinski definition) is 1. The quantitative estimate of drug-likeness (QED) is 0.741. The van der Waals surface area contributed by atoms with Gasteiger partial charge < -0.3 is 5.32 Å². The van der Waals surface area contributed by atoms with Crippen molar-refractivity contribution >= 4 is 11.6 Å². The summed E-state index contributed by atoms with van der Waals surface area (Å²) in [6.45, 7) is 2.62. The SMILES string of the molecule is CCC(NCc1cccc(C(F)F)c1)c1cccc(Cl)c1. The Kier molecular flexibility index (Phi) is 5.71. The molecule has 112 valence electrons. The minimum absolute atomic E-state index is 0.0603. The van der Waals surface area contributed by atoms with Crippen molar-refractivity contribution in [3.05, 3.63) is 70.2 Å². The van der Waals surface area contributed by atoms with Crippen molar-refractivity contribution in [3.63, 3.8) is 0 Å². The van der Waals surface area contributed by atoms with E-state index in [9.17, 15) is 8.78 Å². The lowest BCUT2D eigenvalue weighted by Gasteiger charge is -2.18. The van der Waals surface area contributed by atoms with Crippen LogP contribution < -0.4 is 5.32 Å². The zero-order chi connectivity index (χ0) is 15.2. The third-order valence-corrected chi connectivity index (χ3v) is 3.65. The molecule has 21 heavy (non-hydrogen) atoms. The minimum atomic E-state index is -2.43. The molecule has 0 aliphatic carbocycles. The molecule has 0 aromatic heterocycles. The van der Waals surface area contributed by atoms with Gasteiger partial charge in [0.05, 0.1) is 0 Å². The highest BCUT2D eigenvalue weighted by Gasteiger charge is 2.10. The number of hydrogen-bond donors (Lipinski definition) is 1. The van der Waals surface area contributed by atoms with Crippen molar-refractivity contribution in [1.82, 2.24) is 5.32 Å². The number of halogens is 3. The smallest absolute Gasteiger partial charge is 0.263 e. The second kappa shape index (κ2) is 7.53. The summed E-state index contributed by atoms with van der Waals surface area (Å²) in [5.74, 6) is 0.